The first-order valence-electron chi connectivity index (χ1n) is 9.60. The third-order valence-electron chi connectivity index (χ3n) is 5.18. The molecule has 1 unspecified atom stereocenters. The maximum absolute atomic E-state index is 13.2. The molecule has 1 heterocycles. The zero-order chi connectivity index (χ0) is 21.0. The van der Waals surface area contributed by atoms with Crippen molar-refractivity contribution in [3.63, 3.8) is 0 Å². The normalized spacial score (nSPS) is 17.2. The van der Waals surface area contributed by atoms with Crippen LogP contribution in [0.4, 0.5) is 17.1 Å². The number of hydrogen-bond donors (Lipinski definition) is 1. The van der Waals surface area contributed by atoms with Crippen molar-refractivity contribution in [3.05, 3.63) is 58.6 Å². The van der Waals surface area contributed by atoms with Crippen molar-refractivity contribution in [3.8, 4) is 0 Å². The number of nitrogens with zero attached hydrogens (tertiary/aromatic N) is 3. The van der Waals surface area contributed by atoms with Gasteiger partial charge in [0.15, 0.2) is 0 Å². The fourth-order valence-corrected chi connectivity index (χ4v) is 5.22. The number of sulfonamides is 1. The Hall–Kier alpha value is -2.65. The molecule has 1 atom stereocenters. The van der Waals surface area contributed by atoms with Gasteiger partial charge in [0, 0.05) is 32.3 Å². The van der Waals surface area contributed by atoms with Gasteiger partial charge in [-0.2, -0.15) is 0 Å². The minimum atomic E-state index is -3.95. The molecule has 3 rings (SSSR count). The molecule has 2 aromatic carbocycles. The van der Waals surface area contributed by atoms with Gasteiger partial charge in [0.2, 0.25) is 0 Å². The third kappa shape index (κ3) is 4.35. The average molecular weight is 420 g/mol. The van der Waals surface area contributed by atoms with Gasteiger partial charge in [0.1, 0.15) is 5.69 Å². The fourth-order valence-electron chi connectivity index (χ4n) is 3.72. The van der Waals surface area contributed by atoms with Crippen molar-refractivity contribution in [2.24, 2.45) is 5.92 Å². The van der Waals surface area contributed by atoms with Gasteiger partial charge in [-0.25, -0.2) is 8.42 Å². The van der Waals surface area contributed by atoms with E-state index < -0.39 is 14.9 Å². The molecule has 0 aliphatic carbocycles. The molecule has 2 aromatic rings. The molecule has 0 radical (unpaired) electrons. The van der Waals surface area contributed by atoms with E-state index in [1.165, 1.54) is 16.4 Å². The van der Waals surface area contributed by atoms with Crippen LogP contribution in [0, 0.1) is 16.0 Å². The Morgan fingerprint density at radius 2 is 1.97 bits per heavy atom. The average Bonchev–Trinajstić information content (AvgIpc) is 2.74. The highest BCUT2D eigenvalue weighted by Gasteiger charge is 2.30. The topological polar surface area (TPSA) is 104 Å². The summed E-state index contributed by atoms with van der Waals surface area (Å²) in [4.78, 5) is 12.9. The number of aliphatic hydroxyl groups excluding tert-OH is 1. The highest BCUT2D eigenvalue weighted by atomic mass is 32.2. The zero-order valence-electron chi connectivity index (χ0n) is 16.3. The van der Waals surface area contributed by atoms with Crippen LogP contribution in [0.3, 0.4) is 0 Å². The molecule has 9 heteroatoms. The Morgan fingerprint density at radius 1 is 1.24 bits per heavy atom. The summed E-state index contributed by atoms with van der Waals surface area (Å²) in [5.74, 6) is 0.0560. The van der Waals surface area contributed by atoms with E-state index in [9.17, 15) is 23.6 Å². The van der Waals surface area contributed by atoms with Gasteiger partial charge in [-0.15, -0.1) is 0 Å². The Morgan fingerprint density at radius 3 is 2.59 bits per heavy atom. The van der Waals surface area contributed by atoms with Crippen LogP contribution in [-0.2, 0) is 10.0 Å². The number of rotatable bonds is 7. The minimum Gasteiger partial charge on any atom is -0.396 e. The molecule has 8 nitrogen and oxygen atoms in total. The highest BCUT2D eigenvalue weighted by Crippen LogP contribution is 2.35. The van der Waals surface area contributed by atoms with Crippen LogP contribution in [0.5, 0.6) is 0 Å². The molecule has 1 saturated heterocycles. The standard InChI is InChI=1S/C20H25N3O5S/c1-2-22(17-8-4-3-5-9-17)29(27,28)18-10-11-19(20(13-18)23(25)26)21-12-6-7-16(14-21)15-24/h3-5,8-11,13,16,24H,2,6-7,12,14-15H2,1H3. The van der Waals surface area contributed by atoms with Gasteiger partial charge in [-0.05, 0) is 49.9 Å². The van der Waals surface area contributed by atoms with Crippen LogP contribution in [-0.4, -0.2) is 44.7 Å². The number of aliphatic hydroxyl groups is 1. The molecule has 0 bridgehead atoms. The van der Waals surface area contributed by atoms with Gasteiger partial charge in [0.25, 0.3) is 15.7 Å². The lowest BCUT2D eigenvalue weighted by Gasteiger charge is -2.33. The van der Waals surface area contributed by atoms with Crippen molar-refractivity contribution in [2.75, 3.05) is 35.4 Å². The van der Waals surface area contributed by atoms with E-state index in [2.05, 4.69) is 0 Å². The van der Waals surface area contributed by atoms with E-state index in [4.69, 9.17) is 0 Å². The molecular formula is C20H25N3O5S. The lowest BCUT2D eigenvalue weighted by molar-refractivity contribution is -0.384. The molecule has 0 saturated carbocycles. The number of benzene rings is 2. The summed E-state index contributed by atoms with van der Waals surface area (Å²) >= 11 is 0. The van der Waals surface area contributed by atoms with Crippen LogP contribution < -0.4 is 9.21 Å². The largest absolute Gasteiger partial charge is 0.396 e. The SMILES string of the molecule is CCN(c1ccccc1)S(=O)(=O)c1ccc(N2CCCC(CO)C2)c([N+](=O)[O-])c1. The second-order valence-electron chi connectivity index (χ2n) is 7.05. The summed E-state index contributed by atoms with van der Waals surface area (Å²) in [5, 5.41) is 21.2. The van der Waals surface area contributed by atoms with Crippen LogP contribution in [0.25, 0.3) is 0 Å². The van der Waals surface area contributed by atoms with Crippen molar-refractivity contribution in [1.29, 1.82) is 0 Å². The summed E-state index contributed by atoms with van der Waals surface area (Å²) in [6, 6.07) is 12.7. The monoisotopic (exact) mass is 419 g/mol. The fraction of sp³-hybridized carbons (Fsp3) is 0.400. The molecular weight excluding hydrogens is 394 g/mol. The van der Waals surface area contributed by atoms with Gasteiger partial charge >= 0.3 is 0 Å². The van der Waals surface area contributed by atoms with E-state index in [1.807, 2.05) is 4.90 Å². The molecule has 0 spiro atoms. The Labute approximate surface area is 170 Å². The maximum atomic E-state index is 13.2. The number of nitro benzene ring substituents is 1. The summed E-state index contributed by atoms with van der Waals surface area (Å²) in [6.45, 7) is 3.09. The second kappa shape index (κ2) is 8.79. The molecule has 1 N–H and O–H groups in total. The second-order valence-corrected chi connectivity index (χ2v) is 8.91. The van der Waals surface area contributed by atoms with Gasteiger partial charge < -0.3 is 10.0 Å². The highest BCUT2D eigenvalue weighted by molar-refractivity contribution is 7.92. The lowest BCUT2D eigenvalue weighted by Crippen LogP contribution is -2.37. The van der Waals surface area contributed by atoms with E-state index in [0.717, 1.165) is 18.9 Å². The van der Waals surface area contributed by atoms with E-state index >= 15 is 0 Å². The summed E-state index contributed by atoms with van der Waals surface area (Å²) in [6.07, 6.45) is 1.69. The first kappa shape index (κ1) is 21.1. The Bertz CT molecular complexity index is 965. The zero-order valence-corrected chi connectivity index (χ0v) is 17.1. The van der Waals surface area contributed by atoms with Gasteiger partial charge in [-0.3, -0.25) is 14.4 Å². The minimum absolute atomic E-state index is 0.0271. The number of hydrogen-bond acceptors (Lipinski definition) is 6. The summed E-state index contributed by atoms with van der Waals surface area (Å²) in [7, 11) is -3.95. The first-order valence-corrected chi connectivity index (χ1v) is 11.0. The smallest absolute Gasteiger partial charge is 0.293 e. The van der Waals surface area contributed by atoms with Gasteiger partial charge in [0.05, 0.1) is 15.5 Å². The molecule has 1 aliphatic rings. The summed E-state index contributed by atoms with van der Waals surface area (Å²) in [5.41, 5.74) is 0.646. The van der Waals surface area contributed by atoms with Crippen LogP contribution in [0.15, 0.2) is 53.4 Å². The lowest BCUT2D eigenvalue weighted by atomic mass is 9.98. The Kier molecular flexibility index (Phi) is 6.39. The van der Waals surface area contributed by atoms with E-state index in [0.29, 0.717) is 24.5 Å². The van der Waals surface area contributed by atoms with Crippen LogP contribution in [0.1, 0.15) is 19.8 Å². The van der Waals surface area contributed by atoms with E-state index in [1.54, 1.807) is 37.3 Å². The number of nitro groups is 1. The third-order valence-corrected chi connectivity index (χ3v) is 7.08. The molecule has 0 amide bonds. The van der Waals surface area contributed by atoms with E-state index in [-0.39, 0.29) is 29.7 Å². The number of anilines is 2. The van der Waals surface area contributed by atoms with Crippen molar-refractivity contribution in [1.82, 2.24) is 0 Å². The molecule has 156 valence electrons. The predicted octanol–water partition coefficient (Wildman–Crippen LogP) is 3.02. The number of piperidine rings is 1. The summed E-state index contributed by atoms with van der Waals surface area (Å²) < 4.78 is 27.6. The Balaban J connectivity index is 2.00. The molecule has 0 aromatic heterocycles. The molecule has 29 heavy (non-hydrogen) atoms. The van der Waals surface area contributed by atoms with Crippen molar-refractivity contribution < 1.29 is 18.4 Å². The van der Waals surface area contributed by atoms with Crippen LogP contribution in [0.2, 0.25) is 0 Å². The number of para-hydroxylation sites is 1. The first-order chi connectivity index (χ1) is 13.9. The maximum Gasteiger partial charge on any atom is 0.293 e. The predicted molar refractivity (Wildman–Crippen MR) is 112 cm³/mol. The van der Waals surface area contributed by atoms with Crippen LogP contribution >= 0.6 is 0 Å². The quantitative estimate of drug-likeness (QED) is 0.546. The van der Waals surface area contributed by atoms with Crippen molar-refractivity contribution in [2.45, 2.75) is 24.7 Å². The van der Waals surface area contributed by atoms with Gasteiger partial charge in [-0.1, -0.05) is 18.2 Å². The molecule has 1 fully saturated rings. The molecule has 1 aliphatic heterocycles. The van der Waals surface area contributed by atoms with Crippen molar-refractivity contribution >= 4 is 27.1 Å².